The van der Waals surface area contributed by atoms with Crippen molar-refractivity contribution in [3.05, 3.63) is 93.1 Å². The molecule has 4 amide bonds. The van der Waals surface area contributed by atoms with Crippen molar-refractivity contribution in [3.8, 4) is 11.5 Å². The van der Waals surface area contributed by atoms with Crippen molar-refractivity contribution in [2.24, 2.45) is 0 Å². The third-order valence-corrected chi connectivity index (χ3v) is 6.26. The highest BCUT2D eigenvalue weighted by Crippen LogP contribution is 2.31. The molecule has 1 aliphatic heterocycles. The van der Waals surface area contributed by atoms with Crippen LogP contribution < -0.4 is 20.1 Å². The molecule has 4 rings (SSSR count). The van der Waals surface area contributed by atoms with E-state index in [0.29, 0.717) is 39.4 Å². The van der Waals surface area contributed by atoms with Crippen molar-refractivity contribution in [2.75, 3.05) is 18.5 Å². The molecule has 1 fully saturated rings. The quantitative estimate of drug-likeness (QED) is 0.257. The van der Waals surface area contributed by atoms with Gasteiger partial charge in [0.2, 0.25) is 5.91 Å². The van der Waals surface area contributed by atoms with E-state index in [0.717, 1.165) is 16.0 Å². The molecule has 3 aromatic rings. The minimum absolute atomic E-state index is 0.0466. The molecule has 8 nitrogen and oxygen atoms in total. The molecule has 10 heteroatoms. The van der Waals surface area contributed by atoms with E-state index in [1.807, 2.05) is 26.0 Å². The number of nitrogens with one attached hydrogen (secondary N) is 2. The summed E-state index contributed by atoms with van der Waals surface area (Å²) < 4.78 is 11.6. The van der Waals surface area contributed by atoms with E-state index < -0.39 is 24.4 Å². The van der Waals surface area contributed by atoms with E-state index in [9.17, 15) is 14.4 Å². The average molecular weight is 554 g/mol. The Balaban J connectivity index is 1.45. The average Bonchev–Trinajstić information content (AvgIpc) is 3.13. The molecule has 0 bridgehead atoms. The van der Waals surface area contributed by atoms with Crippen molar-refractivity contribution in [2.45, 2.75) is 20.5 Å². The van der Waals surface area contributed by atoms with Crippen LogP contribution in [0.2, 0.25) is 10.0 Å². The maximum Gasteiger partial charge on any atom is 0.329 e. The number of benzene rings is 3. The summed E-state index contributed by atoms with van der Waals surface area (Å²) in [5.74, 6) is -0.126. The molecular formula is C28H25Cl2N3O5. The second-order valence-electron chi connectivity index (χ2n) is 8.47. The number of urea groups is 1. The molecule has 0 aromatic heterocycles. The summed E-state index contributed by atoms with van der Waals surface area (Å²) in [5, 5.41) is 6.12. The van der Waals surface area contributed by atoms with E-state index >= 15 is 0 Å². The van der Waals surface area contributed by atoms with E-state index in [2.05, 4.69) is 10.6 Å². The minimum Gasteiger partial charge on any atom is -0.490 e. The Morgan fingerprint density at radius 3 is 2.55 bits per heavy atom. The fraction of sp³-hybridized carbons (Fsp3) is 0.179. The molecule has 1 heterocycles. The van der Waals surface area contributed by atoms with E-state index in [-0.39, 0.29) is 12.3 Å². The van der Waals surface area contributed by atoms with Crippen molar-refractivity contribution < 1.29 is 23.9 Å². The molecule has 0 unspecified atom stereocenters. The first kappa shape index (κ1) is 27.0. The monoisotopic (exact) mass is 553 g/mol. The molecule has 0 saturated carbocycles. The standard InChI is InChI=1S/C28H25Cl2N3O5/c1-3-37-25-14-18(8-10-24(25)38-16-19-7-9-21(29)22(30)12-19)13-23-27(35)33(28(36)32-23)15-26(34)31-20-6-4-5-17(2)11-20/h4-14H,3,15-16H2,1-2H3,(H,31,34)(H,32,36)/b23-13+. The van der Waals surface area contributed by atoms with E-state index in [4.69, 9.17) is 32.7 Å². The number of imide groups is 1. The largest absolute Gasteiger partial charge is 0.490 e. The van der Waals surface area contributed by atoms with Crippen molar-refractivity contribution in [1.82, 2.24) is 10.2 Å². The molecule has 1 aliphatic rings. The Kier molecular flexibility index (Phi) is 8.55. The van der Waals surface area contributed by atoms with Gasteiger partial charge in [-0.15, -0.1) is 0 Å². The number of ether oxygens (including phenoxy) is 2. The number of rotatable bonds is 9. The highest BCUT2D eigenvalue weighted by molar-refractivity contribution is 6.42. The lowest BCUT2D eigenvalue weighted by Gasteiger charge is -2.13. The Morgan fingerprint density at radius 1 is 1.00 bits per heavy atom. The zero-order valence-electron chi connectivity index (χ0n) is 20.7. The van der Waals surface area contributed by atoms with Crippen molar-refractivity contribution in [1.29, 1.82) is 0 Å². The van der Waals surface area contributed by atoms with Gasteiger partial charge in [-0.2, -0.15) is 0 Å². The Labute approximate surface area is 230 Å². The predicted molar refractivity (Wildman–Crippen MR) is 146 cm³/mol. The van der Waals surface area contributed by atoms with Gasteiger partial charge in [0, 0.05) is 5.69 Å². The molecule has 2 N–H and O–H groups in total. The van der Waals surface area contributed by atoms with Crippen molar-refractivity contribution >= 4 is 52.8 Å². The zero-order chi connectivity index (χ0) is 27.2. The third-order valence-electron chi connectivity index (χ3n) is 5.52. The molecule has 1 saturated heterocycles. The fourth-order valence-electron chi connectivity index (χ4n) is 3.74. The van der Waals surface area contributed by atoms with Gasteiger partial charge in [-0.25, -0.2) is 9.69 Å². The molecule has 38 heavy (non-hydrogen) atoms. The van der Waals surface area contributed by atoms with Crippen LogP contribution >= 0.6 is 23.2 Å². The van der Waals surface area contributed by atoms with E-state index in [1.165, 1.54) is 6.08 Å². The summed E-state index contributed by atoms with van der Waals surface area (Å²) in [6.07, 6.45) is 1.52. The lowest BCUT2D eigenvalue weighted by atomic mass is 10.1. The molecule has 0 atom stereocenters. The van der Waals surface area contributed by atoms with Crippen LogP contribution in [0, 0.1) is 6.92 Å². The van der Waals surface area contributed by atoms with Crippen LogP contribution in [0.4, 0.5) is 10.5 Å². The maximum absolute atomic E-state index is 12.9. The molecule has 0 radical (unpaired) electrons. The summed E-state index contributed by atoms with van der Waals surface area (Å²) in [6, 6.07) is 16.9. The third kappa shape index (κ3) is 6.65. The summed E-state index contributed by atoms with van der Waals surface area (Å²) in [5.41, 5.74) is 3.04. The molecule has 196 valence electrons. The Bertz CT molecular complexity index is 1420. The number of nitrogens with zero attached hydrogens (tertiary/aromatic N) is 1. The number of carbonyl (C=O) groups excluding carboxylic acids is 3. The van der Waals surface area contributed by atoms with Gasteiger partial charge in [0.1, 0.15) is 18.8 Å². The molecular weight excluding hydrogens is 529 g/mol. The second kappa shape index (κ2) is 12.0. The predicted octanol–water partition coefficient (Wildman–Crippen LogP) is 5.81. The number of carbonyl (C=O) groups is 3. The topological polar surface area (TPSA) is 97.0 Å². The van der Waals surface area contributed by atoms with Gasteiger partial charge in [0.15, 0.2) is 11.5 Å². The first-order chi connectivity index (χ1) is 18.2. The highest BCUT2D eigenvalue weighted by Gasteiger charge is 2.35. The summed E-state index contributed by atoms with van der Waals surface area (Å²) in [6.45, 7) is 3.96. The SMILES string of the molecule is CCOc1cc(/C=C2/NC(=O)N(CC(=O)Nc3cccc(C)c3)C2=O)ccc1OCc1ccc(Cl)c(Cl)c1. The van der Waals surface area contributed by atoms with Gasteiger partial charge in [-0.1, -0.05) is 47.5 Å². The second-order valence-corrected chi connectivity index (χ2v) is 9.29. The Morgan fingerprint density at radius 2 is 1.82 bits per heavy atom. The van der Waals surface area contributed by atoms with Crippen LogP contribution in [0.1, 0.15) is 23.6 Å². The molecule has 0 spiro atoms. The number of hydrogen-bond acceptors (Lipinski definition) is 5. The number of aryl methyl sites for hydroxylation is 1. The van der Waals surface area contributed by atoms with Gasteiger partial charge < -0.3 is 20.1 Å². The zero-order valence-corrected chi connectivity index (χ0v) is 22.2. The van der Waals surface area contributed by atoms with Gasteiger partial charge in [0.25, 0.3) is 5.91 Å². The van der Waals surface area contributed by atoms with Crippen LogP contribution in [-0.4, -0.2) is 35.9 Å². The van der Waals surface area contributed by atoms with Gasteiger partial charge >= 0.3 is 6.03 Å². The van der Waals surface area contributed by atoms with Crippen LogP contribution in [0.5, 0.6) is 11.5 Å². The first-order valence-electron chi connectivity index (χ1n) is 11.8. The summed E-state index contributed by atoms with van der Waals surface area (Å²) in [4.78, 5) is 38.6. The van der Waals surface area contributed by atoms with Crippen LogP contribution in [0.3, 0.4) is 0 Å². The van der Waals surface area contributed by atoms with Crippen LogP contribution in [0.15, 0.2) is 66.4 Å². The highest BCUT2D eigenvalue weighted by atomic mass is 35.5. The van der Waals surface area contributed by atoms with E-state index in [1.54, 1.807) is 48.5 Å². The summed E-state index contributed by atoms with van der Waals surface area (Å²) >= 11 is 12.1. The van der Waals surface area contributed by atoms with Gasteiger partial charge in [-0.05, 0) is 73.0 Å². The number of hydrogen-bond donors (Lipinski definition) is 2. The number of amides is 4. The molecule has 3 aromatic carbocycles. The van der Waals surface area contributed by atoms with Crippen molar-refractivity contribution in [3.63, 3.8) is 0 Å². The molecule has 0 aliphatic carbocycles. The first-order valence-corrected chi connectivity index (χ1v) is 12.5. The Hall–Kier alpha value is -4.01. The summed E-state index contributed by atoms with van der Waals surface area (Å²) in [7, 11) is 0. The fourth-order valence-corrected chi connectivity index (χ4v) is 4.06. The normalized spacial score (nSPS) is 14.0. The smallest absolute Gasteiger partial charge is 0.329 e. The lowest BCUT2D eigenvalue weighted by molar-refractivity contribution is -0.127. The lowest BCUT2D eigenvalue weighted by Crippen LogP contribution is -2.38. The van der Waals surface area contributed by atoms with Crippen LogP contribution in [-0.2, 0) is 16.2 Å². The number of halogens is 2. The van der Waals surface area contributed by atoms with Gasteiger partial charge in [0.05, 0.1) is 16.7 Å². The van der Waals surface area contributed by atoms with Crippen LogP contribution in [0.25, 0.3) is 6.08 Å². The maximum atomic E-state index is 12.9. The number of anilines is 1. The minimum atomic E-state index is -0.674. The van der Waals surface area contributed by atoms with Gasteiger partial charge in [-0.3, -0.25) is 9.59 Å².